The van der Waals surface area contributed by atoms with E-state index in [4.69, 9.17) is 11.6 Å². The smallest absolute Gasteiger partial charge is 0.281 e. The quantitative estimate of drug-likeness (QED) is 0.647. The molecule has 0 aliphatic heterocycles. The first kappa shape index (κ1) is 15.7. The van der Waals surface area contributed by atoms with Crippen molar-refractivity contribution in [2.45, 2.75) is 44.9 Å². The first-order valence-electron chi connectivity index (χ1n) is 6.89. The third-order valence-corrected chi connectivity index (χ3v) is 4.57. The van der Waals surface area contributed by atoms with Gasteiger partial charge in [-0.3, -0.25) is 4.55 Å². The second kappa shape index (κ2) is 6.37. The van der Waals surface area contributed by atoms with E-state index in [1.165, 1.54) is 0 Å². The summed E-state index contributed by atoms with van der Waals surface area (Å²) >= 11 is 3.81. The number of hydrogen-bond acceptors (Lipinski definition) is 1. The topological polar surface area (TPSA) is 49.7 Å². The Morgan fingerprint density at radius 2 is 2.00 bits per heavy atom. The number of rotatable bonds is 5. The van der Waals surface area contributed by atoms with Crippen LogP contribution in [0.3, 0.4) is 0 Å². The van der Waals surface area contributed by atoms with E-state index in [-0.39, 0.29) is 5.41 Å². The van der Waals surface area contributed by atoms with Gasteiger partial charge in [0.1, 0.15) is 0 Å². The van der Waals surface area contributed by atoms with E-state index in [0.29, 0.717) is 10.9 Å². The number of halogens is 1. The van der Waals surface area contributed by atoms with E-state index in [9.17, 15) is 8.76 Å². The Morgan fingerprint density at radius 3 is 2.40 bits per heavy atom. The third-order valence-electron chi connectivity index (χ3n) is 3.95. The minimum Gasteiger partial charge on any atom is -0.288 e. The Hall–Kier alpha value is -0.710. The van der Waals surface area contributed by atoms with Gasteiger partial charge in [0.25, 0.3) is 11.3 Å². The van der Waals surface area contributed by atoms with E-state index in [1.54, 1.807) is 0 Å². The summed E-state index contributed by atoms with van der Waals surface area (Å²) in [5, 5.41) is 0.705. The molecule has 1 N–H and O–H groups in total. The first-order chi connectivity index (χ1) is 9.44. The molecular weight excluding hydrogens is 294 g/mol. The van der Waals surface area contributed by atoms with Crippen LogP contribution < -0.4 is 0 Å². The Labute approximate surface area is 127 Å². The van der Waals surface area contributed by atoms with E-state index >= 15 is 0 Å². The maximum Gasteiger partial charge on any atom is 0.281 e. The van der Waals surface area contributed by atoms with Gasteiger partial charge in [0.2, 0.25) is 0 Å². The Kier molecular flexibility index (Phi) is 4.99. The number of benzene rings is 1. The molecule has 2 rings (SSSR count). The predicted octanol–water partition coefficient (Wildman–Crippen LogP) is 4.39. The van der Waals surface area contributed by atoms with Crippen LogP contribution in [0, 0.1) is 5.92 Å². The van der Waals surface area contributed by atoms with Crippen LogP contribution in [0.4, 0.5) is 0 Å². The van der Waals surface area contributed by atoms with Crippen LogP contribution in [-0.4, -0.2) is 14.5 Å². The van der Waals surface area contributed by atoms with E-state index in [2.05, 4.69) is 18.2 Å². The van der Waals surface area contributed by atoms with Gasteiger partial charge in [-0.05, 0) is 42.9 Å². The van der Waals surface area contributed by atoms with Gasteiger partial charge in [0, 0.05) is 16.1 Å². The van der Waals surface area contributed by atoms with Gasteiger partial charge in [0.05, 0.1) is 0 Å². The average molecular weight is 314 g/mol. The summed E-state index contributed by atoms with van der Waals surface area (Å²) in [5.74, 6) is 0.405. The zero-order chi connectivity index (χ0) is 14.8. The number of hydrogen-bond donors (Lipinski definition) is 1. The van der Waals surface area contributed by atoms with Gasteiger partial charge in [-0.2, -0.15) is 4.40 Å². The summed E-state index contributed by atoms with van der Waals surface area (Å²) < 4.78 is 24.4. The zero-order valence-electron chi connectivity index (χ0n) is 11.8. The van der Waals surface area contributed by atoms with Gasteiger partial charge in [-0.15, -0.1) is 0 Å². The highest BCUT2D eigenvalue weighted by Crippen LogP contribution is 2.46. The minimum atomic E-state index is -2.14. The van der Waals surface area contributed by atoms with Crippen molar-refractivity contribution in [1.82, 2.24) is 0 Å². The Bertz CT molecular complexity index is 521. The van der Waals surface area contributed by atoms with Gasteiger partial charge >= 0.3 is 0 Å². The molecule has 1 aromatic rings. The molecule has 0 aromatic heterocycles. The van der Waals surface area contributed by atoms with Crippen LogP contribution >= 0.6 is 11.6 Å². The maximum absolute atomic E-state index is 11.2. The van der Waals surface area contributed by atoms with Crippen molar-refractivity contribution in [2.24, 2.45) is 10.3 Å². The van der Waals surface area contributed by atoms with Crippen molar-refractivity contribution in [3.8, 4) is 0 Å². The van der Waals surface area contributed by atoms with Crippen molar-refractivity contribution >= 4 is 28.6 Å². The van der Waals surface area contributed by atoms with Crippen molar-refractivity contribution in [2.75, 3.05) is 0 Å². The lowest BCUT2D eigenvalue weighted by Crippen LogP contribution is -2.43. The molecule has 1 aliphatic rings. The first-order valence-corrected chi connectivity index (χ1v) is 8.33. The van der Waals surface area contributed by atoms with E-state index < -0.39 is 11.3 Å². The fourth-order valence-corrected chi connectivity index (χ4v) is 3.41. The van der Waals surface area contributed by atoms with E-state index in [0.717, 1.165) is 37.0 Å². The molecule has 20 heavy (non-hydrogen) atoms. The molecule has 3 nitrogen and oxygen atoms in total. The van der Waals surface area contributed by atoms with Crippen molar-refractivity contribution < 1.29 is 8.76 Å². The highest BCUT2D eigenvalue weighted by Gasteiger charge is 2.43. The molecule has 1 fully saturated rings. The van der Waals surface area contributed by atoms with Crippen LogP contribution in [0.5, 0.6) is 0 Å². The monoisotopic (exact) mass is 313 g/mol. The van der Waals surface area contributed by atoms with Gasteiger partial charge in [0.15, 0.2) is 0 Å². The highest BCUT2D eigenvalue weighted by molar-refractivity contribution is 7.78. The summed E-state index contributed by atoms with van der Waals surface area (Å²) in [6, 6.07) is 7.77. The normalized spacial score (nSPS) is 19.8. The molecule has 5 heteroatoms. The Morgan fingerprint density at radius 1 is 1.40 bits per heavy atom. The molecule has 1 saturated carbocycles. The van der Waals surface area contributed by atoms with Crippen LogP contribution in [0.15, 0.2) is 28.7 Å². The van der Waals surface area contributed by atoms with Crippen molar-refractivity contribution in [3.63, 3.8) is 0 Å². The SMILES string of the molecule is CC(C)C/C(=N\S(=O)O)C1(c2ccc(Cl)cc2)CCC1. The standard InChI is InChI=1S/C15H20ClNO2S/c1-11(2)10-14(17-20(18)19)15(8-3-9-15)12-4-6-13(16)7-5-12/h4-7,11H,3,8-10H2,1-2H3,(H,18,19)/b17-14+. The lowest BCUT2D eigenvalue weighted by molar-refractivity contribution is 0.333. The average Bonchev–Trinajstić information content (AvgIpc) is 2.28. The molecule has 0 heterocycles. The molecule has 0 amide bonds. The lowest BCUT2D eigenvalue weighted by atomic mass is 9.60. The van der Waals surface area contributed by atoms with Crippen LogP contribution in [0.1, 0.15) is 45.1 Å². The van der Waals surface area contributed by atoms with Crippen molar-refractivity contribution in [3.05, 3.63) is 34.9 Å². The van der Waals surface area contributed by atoms with Crippen LogP contribution in [0.25, 0.3) is 0 Å². The molecule has 0 bridgehead atoms. The largest absolute Gasteiger partial charge is 0.288 e. The molecular formula is C15H20ClNO2S. The fraction of sp³-hybridized carbons (Fsp3) is 0.533. The number of nitrogens with zero attached hydrogens (tertiary/aromatic N) is 1. The van der Waals surface area contributed by atoms with Crippen molar-refractivity contribution in [1.29, 1.82) is 0 Å². The summed E-state index contributed by atoms with van der Waals surface area (Å²) in [6.07, 6.45) is 3.83. The van der Waals surface area contributed by atoms with E-state index in [1.807, 2.05) is 24.3 Å². The molecule has 110 valence electrons. The second-order valence-corrected chi connectivity index (χ2v) is 6.89. The predicted molar refractivity (Wildman–Crippen MR) is 84.6 cm³/mol. The highest BCUT2D eigenvalue weighted by atomic mass is 35.5. The maximum atomic E-state index is 11.2. The summed E-state index contributed by atoms with van der Waals surface area (Å²) in [5.41, 5.74) is 1.83. The molecule has 1 aliphatic carbocycles. The molecule has 0 saturated heterocycles. The van der Waals surface area contributed by atoms with Gasteiger partial charge in [-0.1, -0.05) is 44.0 Å². The minimum absolute atomic E-state index is 0.173. The summed E-state index contributed by atoms with van der Waals surface area (Å²) in [4.78, 5) is 0. The molecule has 0 spiro atoms. The summed E-state index contributed by atoms with van der Waals surface area (Å²) in [6.45, 7) is 4.20. The lowest BCUT2D eigenvalue weighted by Gasteiger charge is -2.43. The third kappa shape index (κ3) is 3.30. The molecule has 1 unspecified atom stereocenters. The van der Waals surface area contributed by atoms with Gasteiger partial charge < -0.3 is 0 Å². The molecule has 0 radical (unpaired) electrons. The fourth-order valence-electron chi connectivity index (χ4n) is 2.84. The zero-order valence-corrected chi connectivity index (χ0v) is 13.4. The summed E-state index contributed by atoms with van der Waals surface area (Å²) in [7, 11) is 0. The Balaban J connectivity index is 2.41. The van der Waals surface area contributed by atoms with Gasteiger partial charge in [-0.25, -0.2) is 4.21 Å². The molecule has 1 atom stereocenters. The molecule has 1 aromatic carbocycles. The van der Waals surface area contributed by atoms with Crippen LogP contribution in [0.2, 0.25) is 5.02 Å². The second-order valence-electron chi connectivity index (χ2n) is 5.81. The van der Waals surface area contributed by atoms with Crippen LogP contribution in [-0.2, 0) is 16.7 Å².